The second kappa shape index (κ2) is 10.9. The Morgan fingerprint density at radius 3 is 2.56 bits per heavy atom. The number of nitrogens with two attached hydrogens (primary N) is 2. The van der Waals surface area contributed by atoms with Gasteiger partial charge in [0.05, 0.1) is 0 Å². The molecule has 0 atom stereocenters. The zero-order chi connectivity index (χ0) is 20.4. The molecule has 1 aromatic rings. The number of hydrogen-bond acceptors (Lipinski definition) is 5. The minimum atomic E-state index is -4.45. The summed E-state index contributed by atoms with van der Waals surface area (Å²) in [5, 5.41) is 5.17. The zero-order valence-corrected chi connectivity index (χ0v) is 15.7. The molecule has 0 bridgehead atoms. The van der Waals surface area contributed by atoms with Crippen LogP contribution in [-0.2, 0) is 0 Å². The lowest BCUT2D eigenvalue weighted by atomic mass is 9.98. The molecule has 1 fully saturated rings. The van der Waals surface area contributed by atoms with Gasteiger partial charge in [-0.1, -0.05) is 0 Å². The lowest BCUT2D eigenvalue weighted by Gasteiger charge is -2.20. The van der Waals surface area contributed by atoms with Crippen molar-refractivity contribution >= 4 is 17.8 Å². The van der Waals surface area contributed by atoms with Gasteiger partial charge < -0.3 is 22.1 Å². The lowest BCUT2D eigenvalue weighted by molar-refractivity contribution is -0.123. The van der Waals surface area contributed by atoms with Crippen molar-refractivity contribution in [3.63, 3.8) is 0 Å². The van der Waals surface area contributed by atoms with Crippen LogP contribution >= 0.6 is 0 Å². The van der Waals surface area contributed by atoms with E-state index in [1.807, 2.05) is 5.32 Å². The first-order valence-corrected chi connectivity index (χ1v) is 8.80. The fourth-order valence-corrected chi connectivity index (χ4v) is 2.80. The van der Waals surface area contributed by atoms with E-state index >= 15 is 0 Å². The highest BCUT2D eigenvalue weighted by Crippen LogP contribution is 2.20. The van der Waals surface area contributed by atoms with Crippen LogP contribution in [0.4, 0.5) is 18.9 Å². The minimum absolute atomic E-state index is 0.168. The molecule has 0 aromatic heterocycles. The van der Waals surface area contributed by atoms with Gasteiger partial charge in [0.15, 0.2) is 0 Å². The van der Waals surface area contributed by atoms with E-state index in [1.165, 1.54) is 19.2 Å². The topological polar surface area (TPSA) is 106 Å². The molecule has 0 unspecified atom stereocenters. The number of hydrogen-bond donors (Lipinski definition) is 4. The highest BCUT2D eigenvalue weighted by atomic mass is 19.4. The van der Waals surface area contributed by atoms with Gasteiger partial charge >= 0.3 is 6.18 Å². The molecule has 9 heteroatoms. The van der Waals surface area contributed by atoms with E-state index in [9.17, 15) is 18.0 Å². The van der Waals surface area contributed by atoms with Crippen molar-refractivity contribution in [3.05, 3.63) is 28.8 Å². The third-order valence-corrected chi connectivity index (χ3v) is 4.29. The molecule has 1 saturated heterocycles. The number of carbonyl (C=O) groups excluding carboxylic acids is 1. The maximum Gasteiger partial charge on any atom is 0.405 e. The highest BCUT2D eigenvalue weighted by Gasteiger charge is 2.28. The summed E-state index contributed by atoms with van der Waals surface area (Å²) in [6, 6.07) is 2.95. The number of benzene rings is 1. The number of aliphatic imine (C=N–C) groups is 1. The zero-order valence-electron chi connectivity index (χ0n) is 15.7. The van der Waals surface area contributed by atoms with Gasteiger partial charge in [-0.2, -0.15) is 13.2 Å². The summed E-state index contributed by atoms with van der Waals surface area (Å²) < 4.78 is 36.8. The van der Waals surface area contributed by atoms with Crippen molar-refractivity contribution < 1.29 is 18.0 Å². The van der Waals surface area contributed by atoms with E-state index in [0.29, 0.717) is 29.3 Å². The molecule has 0 aliphatic carbocycles. The molecule has 6 N–H and O–H groups in total. The maximum atomic E-state index is 12.3. The molecule has 152 valence electrons. The first-order valence-electron chi connectivity index (χ1n) is 8.80. The van der Waals surface area contributed by atoms with Crippen LogP contribution in [0.2, 0.25) is 0 Å². The van der Waals surface area contributed by atoms with Crippen LogP contribution in [0.15, 0.2) is 17.1 Å². The predicted octanol–water partition coefficient (Wildman–Crippen LogP) is 1.86. The number of piperidine rings is 1. The summed E-state index contributed by atoms with van der Waals surface area (Å²) >= 11 is 0. The van der Waals surface area contributed by atoms with Crippen LogP contribution in [-0.4, -0.2) is 51.5 Å². The van der Waals surface area contributed by atoms with Crippen molar-refractivity contribution in [2.75, 3.05) is 39.0 Å². The molecule has 1 aromatic carbocycles. The third kappa shape index (κ3) is 7.56. The first kappa shape index (κ1) is 22.9. The standard InChI is InChI=1S/C17H23F3N4O.CH5N/c1-11-13(16(25)24-10-17(18,19)20)2-3-15(21)14(11)9-23-8-12-4-6-22-7-5-12;1-2/h2-3,9,12,22H,4-8,10,21H2,1H3,(H,24,25);2H2,1H3. The van der Waals surface area contributed by atoms with Crippen LogP contribution in [0.5, 0.6) is 0 Å². The average molecular weight is 387 g/mol. The number of nitrogen functional groups attached to an aromatic ring is 1. The van der Waals surface area contributed by atoms with Crippen LogP contribution in [0.3, 0.4) is 0 Å². The van der Waals surface area contributed by atoms with Gasteiger partial charge in [0.1, 0.15) is 6.54 Å². The Morgan fingerprint density at radius 1 is 1.33 bits per heavy atom. The molecular weight excluding hydrogens is 359 g/mol. The Hall–Kier alpha value is -2.13. The highest BCUT2D eigenvalue weighted by molar-refractivity contribution is 6.00. The third-order valence-electron chi connectivity index (χ3n) is 4.29. The molecule has 1 heterocycles. The Labute approximate surface area is 157 Å². The van der Waals surface area contributed by atoms with Crippen molar-refractivity contribution in [1.29, 1.82) is 0 Å². The van der Waals surface area contributed by atoms with Gasteiger partial charge in [-0.05, 0) is 63.5 Å². The van der Waals surface area contributed by atoms with Crippen LogP contribution in [0, 0.1) is 12.8 Å². The molecule has 0 spiro atoms. The summed E-state index contributed by atoms with van der Waals surface area (Å²) in [5.41, 5.74) is 12.2. The Kier molecular flexibility index (Phi) is 9.23. The largest absolute Gasteiger partial charge is 0.405 e. The fraction of sp³-hybridized carbons (Fsp3) is 0.556. The molecule has 1 amide bonds. The van der Waals surface area contributed by atoms with Gasteiger partial charge in [0.2, 0.25) is 0 Å². The van der Waals surface area contributed by atoms with Crippen LogP contribution in [0.1, 0.15) is 34.3 Å². The number of rotatable bonds is 5. The molecule has 0 saturated carbocycles. The van der Waals surface area contributed by atoms with Crippen LogP contribution in [0.25, 0.3) is 0 Å². The number of carbonyl (C=O) groups is 1. The summed E-state index contributed by atoms with van der Waals surface area (Å²) in [6.07, 6.45) is -0.707. The Morgan fingerprint density at radius 2 is 1.96 bits per heavy atom. The number of nitrogens with one attached hydrogen (secondary N) is 2. The van der Waals surface area contributed by atoms with Crippen molar-refractivity contribution in [1.82, 2.24) is 10.6 Å². The summed E-state index contributed by atoms with van der Waals surface area (Å²) in [4.78, 5) is 16.4. The van der Waals surface area contributed by atoms with Gasteiger partial charge in [0, 0.05) is 29.6 Å². The summed E-state index contributed by atoms with van der Waals surface area (Å²) in [6.45, 7) is 2.93. The molecule has 1 aliphatic heterocycles. The predicted molar refractivity (Wildman–Crippen MR) is 102 cm³/mol. The first-order chi connectivity index (χ1) is 12.8. The van der Waals surface area contributed by atoms with Crippen molar-refractivity contribution in [2.45, 2.75) is 25.9 Å². The van der Waals surface area contributed by atoms with E-state index in [4.69, 9.17) is 5.73 Å². The molecule has 1 aliphatic rings. The second-order valence-electron chi connectivity index (χ2n) is 6.23. The number of halogens is 3. The maximum absolute atomic E-state index is 12.3. The van der Waals surface area contributed by atoms with E-state index in [0.717, 1.165) is 25.9 Å². The summed E-state index contributed by atoms with van der Waals surface area (Å²) in [5.74, 6) is -0.264. The van der Waals surface area contributed by atoms with E-state index in [1.54, 1.807) is 13.1 Å². The SMILES string of the molecule is CN.Cc1c(C(=O)NCC(F)(F)F)ccc(N)c1C=NCC1CCNCC1. The number of anilines is 1. The van der Waals surface area contributed by atoms with Gasteiger partial charge in [-0.25, -0.2) is 0 Å². The number of amides is 1. The average Bonchev–Trinajstić information content (AvgIpc) is 2.64. The number of alkyl halides is 3. The number of nitrogens with zero attached hydrogens (tertiary/aromatic N) is 1. The van der Waals surface area contributed by atoms with Gasteiger partial charge in [-0.3, -0.25) is 9.79 Å². The van der Waals surface area contributed by atoms with Crippen molar-refractivity contribution in [3.8, 4) is 0 Å². The normalized spacial score (nSPS) is 15.3. The van der Waals surface area contributed by atoms with Crippen molar-refractivity contribution in [2.24, 2.45) is 16.6 Å². The van der Waals surface area contributed by atoms with E-state index < -0.39 is 18.6 Å². The smallest absolute Gasteiger partial charge is 0.398 e. The molecule has 27 heavy (non-hydrogen) atoms. The molecule has 0 radical (unpaired) electrons. The van der Waals surface area contributed by atoms with Crippen LogP contribution < -0.4 is 22.1 Å². The Balaban J connectivity index is 0.00000176. The van der Waals surface area contributed by atoms with E-state index in [-0.39, 0.29) is 5.56 Å². The molecule has 6 nitrogen and oxygen atoms in total. The lowest BCUT2D eigenvalue weighted by Crippen LogP contribution is -2.34. The summed E-state index contributed by atoms with van der Waals surface area (Å²) in [7, 11) is 1.50. The monoisotopic (exact) mass is 387 g/mol. The molecular formula is C18H28F3N5O. The quantitative estimate of drug-likeness (QED) is 0.457. The van der Waals surface area contributed by atoms with E-state index in [2.05, 4.69) is 16.0 Å². The fourth-order valence-electron chi connectivity index (χ4n) is 2.80. The second-order valence-corrected chi connectivity index (χ2v) is 6.23. The van der Waals surface area contributed by atoms with Gasteiger partial charge in [-0.15, -0.1) is 0 Å². The molecule has 2 rings (SSSR count). The Bertz CT molecular complexity index is 641. The van der Waals surface area contributed by atoms with Gasteiger partial charge in [0.25, 0.3) is 5.91 Å². The minimum Gasteiger partial charge on any atom is -0.398 e.